The van der Waals surface area contributed by atoms with Crippen molar-refractivity contribution >= 4 is 15.7 Å². The van der Waals surface area contributed by atoms with E-state index < -0.39 is 15.1 Å². The molecule has 0 saturated carbocycles. The van der Waals surface area contributed by atoms with Gasteiger partial charge in [0.1, 0.15) is 5.75 Å². The van der Waals surface area contributed by atoms with Gasteiger partial charge in [-0.1, -0.05) is 0 Å². The summed E-state index contributed by atoms with van der Waals surface area (Å²) in [7, 11) is -3.04. The van der Waals surface area contributed by atoms with Gasteiger partial charge in [0.25, 0.3) is 5.91 Å². The molecule has 104 valence electrons. The van der Waals surface area contributed by atoms with Crippen LogP contribution in [0.1, 0.15) is 28.8 Å². The lowest BCUT2D eigenvalue weighted by Crippen LogP contribution is -2.34. The maximum atomic E-state index is 12.0. The molecule has 1 heterocycles. The van der Waals surface area contributed by atoms with E-state index >= 15 is 0 Å². The number of phenolic OH excluding ortho intramolecular Hbond substituents is 1. The molecular weight excluding hydrogens is 266 g/mol. The van der Waals surface area contributed by atoms with E-state index in [1.165, 1.54) is 18.2 Å². The number of hydrogen-bond donors (Lipinski definition) is 2. The molecule has 1 unspecified atom stereocenters. The number of sulfone groups is 1. The van der Waals surface area contributed by atoms with Crippen LogP contribution in [0.4, 0.5) is 0 Å². The fourth-order valence-electron chi connectivity index (χ4n) is 2.29. The minimum Gasteiger partial charge on any atom is -0.508 e. The summed E-state index contributed by atoms with van der Waals surface area (Å²) in [5.41, 5.74) is 1.11. The summed E-state index contributed by atoms with van der Waals surface area (Å²) in [5.74, 6) is 0.0122. The second kappa shape index (κ2) is 5.21. The summed E-state index contributed by atoms with van der Waals surface area (Å²) in [5, 5.41) is 11.5. The third-order valence-electron chi connectivity index (χ3n) is 3.41. The highest BCUT2D eigenvalue weighted by atomic mass is 32.2. The zero-order valence-electron chi connectivity index (χ0n) is 10.7. The Labute approximate surface area is 112 Å². The van der Waals surface area contributed by atoms with Gasteiger partial charge in [-0.25, -0.2) is 8.42 Å². The highest BCUT2D eigenvalue weighted by Crippen LogP contribution is 2.20. The normalized spacial score (nSPS) is 21.2. The summed E-state index contributed by atoms with van der Waals surface area (Å²) >= 11 is 0. The minimum atomic E-state index is -3.04. The third kappa shape index (κ3) is 3.07. The van der Waals surface area contributed by atoms with Gasteiger partial charge < -0.3 is 10.4 Å². The summed E-state index contributed by atoms with van der Waals surface area (Å²) in [6, 6.07) is 4.47. The molecule has 1 atom stereocenters. The first kappa shape index (κ1) is 13.9. The Kier molecular flexibility index (Phi) is 3.80. The molecule has 6 heteroatoms. The number of phenols is 1. The van der Waals surface area contributed by atoms with Crippen LogP contribution < -0.4 is 5.32 Å². The van der Waals surface area contributed by atoms with Crippen LogP contribution in [0, 0.1) is 6.92 Å². The van der Waals surface area contributed by atoms with E-state index in [-0.39, 0.29) is 24.0 Å². The largest absolute Gasteiger partial charge is 0.508 e. The number of aryl methyl sites for hydroxylation is 1. The molecule has 0 radical (unpaired) electrons. The van der Waals surface area contributed by atoms with E-state index in [2.05, 4.69) is 5.32 Å². The molecule has 1 fully saturated rings. The zero-order chi connectivity index (χ0) is 14.0. The zero-order valence-corrected chi connectivity index (χ0v) is 11.5. The van der Waals surface area contributed by atoms with Gasteiger partial charge in [0, 0.05) is 12.1 Å². The summed E-state index contributed by atoms with van der Waals surface area (Å²) < 4.78 is 23.3. The maximum absolute atomic E-state index is 12.0. The average molecular weight is 283 g/mol. The van der Waals surface area contributed by atoms with Crippen molar-refractivity contribution in [1.29, 1.82) is 0 Å². The Bertz CT molecular complexity index is 595. The SMILES string of the molecule is Cc1cc(O)ccc1C(=O)NCC1CCCS1(=O)=O. The minimum absolute atomic E-state index is 0.104. The first-order chi connectivity index (χ1) is 8.90. The Hall–Kier alpha value is -1.56. The van der Waals surface area contributed by atoms with Crippen LogP contribution >= 0.6 is 0 Å². The number of nitrogens with one attached hydrogen (secondary N) is 1. The standard InChI is InChI=1S/C13H17NO4S/c1-9-7-10(15)4-5-12(9)13(16)14-8-11-3-2-6-19(11,17)18/h4-5,7,11,15H,2-3,6,8H2,1H3,(H,14,16). The Balaban J connectivity index is 2.02. The van der Waals surface area contributed by atoms with Crippen LogP contribution in [0.25, 0.3) is 0 Å². The Morgan fingerprint density at radius 1 is 1.47 bits per heavy atom. The van der Waals surface area contributed by atoms with Gasteiger partial charge in [-0.3, -0.25) is 4.79 Å². The molecule has 1 aliphatic rings. The van der Waals surface area contributed by atoms with Crippen LogP contribution in [0.2, 0.25) is 0 Å². The molecule has 2 N–H and O–H groups in total. The van der Waals surface area contributed by atoms with Crippen molar-refractivity contribution in [3.8, 4) is 5.75 Å². The van der Waals surface area contributed by atoms with Crippen molar-refractivity contribution in [1.82, 2.24) is 5.32 Å². The van der Waals surface area contributed by atoms with Crippen LogP contribution in [-0.2, 0) is 9.84 Å². The molecule has 19 heavy (non-hydrogen) atoms. The summed E-state index contributed by atoms with van der Waals surface area (Å²) in [4.78, 5) is 12.0. The molecule has 1 aromatic carbocycles. The maximum Gasteiger partial charge on any atom is 0.251 e. The van der Waals surface area contributed by atoms with E-state index in [0.29, 0.717) is 24.0 Å². The highest BCUT2D eigenvalue weighted by Gasteiger charge is 2.31. The van der Waals surface area contributed by atoms with E-state index in [1.807, 2.05) is 0 Å². The highest BCUT2D eigenvalue weighted by molar-refractivity contribution is 7.92. The number of carbonyl (C=O) groups is 1. The molecular formula is C13H17NO4S. The lowest BCUT2D eigenvalue weighted by molar-refractivity contribution is 0.0953. The topological polar surface area (TPSA) is 83.5 Å². The van der Waals surface area contributed by atoms with Crippen molar-refractivity contribution in [3.63, 3.8) is 0 Å². The fraction of sp³-hybridized carbons (Fsp3) is 0.462. The number of benzene rings is 1. The first-order valence-electron chi connectivity index (χ1n) is 6.19. The van der Waals surface area contributed by atoms with E-state index in [9.17, 15) is 18.3 Å². The average Bonchev–Trinajstić information content (AvgIpc) is 2.65. The van der Waals surface area contributed by atoms with Crippen LogP contribution in [0.3, 0.4) is 0 Å². The number of hydrogen-bond acceptors (Lipinski definition) is 4. The summed E-state index contributed by atoms with van der Waals surface area (Å²) in [6.45, 7) is 1.88. The molecule has 1 aromatic rings. The lowest BCUT2D eigenvalue weighted by Gasteiger charge is -2.12. The van der Waals surface area contributed by atoms with Crippen LogP contribution in [-0.4, -0.2) is 37.0 Å². The van der Waals surface area contributed by atoms with Crippen molar-refractivity contribution in [2.45, 2.75) is 25.0 Å². The van der Waals surface area contributed by atoms with Gasteiger partial charge in [-0.05, 0) is 43.5 Å². The number of rotatable bonds is 3. The van der Waals surface area contributed by atoms with Gasteiger partial charge in [0.2, 0.25) is 0 Å². The van der Waals surface area contributed by atoms with E-state index in [0.717, 1.165) is 0 Å². The fourth-order valence-corrected chi connectivity index (χ4v) is 4.06. The predicted octanol–water partition coefficient (Wildman–Crippen LogP) is 1.01. The second-order valence-electron chi connectivity index (χ2n) is 4.84. The van der Waals surface area contributed by atoms with Crippen LogP contribution in [0.5, 0.6) is 5.75 Å². The smallest absolute Gasteiger partial charge is 0.251 e. The van der Waals surface area contributed by atoms with Gasteiger partial charge in [-0.15, -0.1) is 0 Å². The van der Waals surface area contributed by atoms with E-state index in [1.54, 1.807) is 6.92 Å². The molecule has 1 aliphatic heterocycles. The van der Waals surface area contributed by atoms with Crippen molar-refractivity contribution in [2.24, 2.45) is 0 Å². The number of carbonyl (C=O) groups excluding carboxylic acids is 1. The first-order valence-corrected chi connectivity index (χ1v) is 7.91. The quantitative estimate of drug-likeness (QED) is 0.867. The molecule has 0 bridgehead atoms. The predicted molar refractivity (Wildman–Crippen MR) is 72.0 cm³/mol. The van der Waals surface area contributed by atoms with Crippen molar-refractivity contribution in [2.75, 3.05) is 12.3 Å². The third-order valence-corrected chi connectivity index (χ3v) is 5.68. The van der Waals surface area contributed by atoms with Gasteiger partial charge in [0.05, 0.1) is 11.0 Å². The van der Waals surface area contributed by atoms with E-state index in [4.69, 9.17) is 0 Å². The summed E-state index contributed by atoms with van der Waals surface area (Å²) in [6.07, 6.45) is 1.28. The lowest BCUT2D eigenvalue weighted by atomic mass is 10.1. The van der Waals surface area contributed by atoms with Crippen molar-refractivity contribution in [3.05, 3.63) is 29.3 Å². The van der Waals surface area contributed by atoms with Gasteiger partial charge in [0.15, 0.2) is 9.84 Å². The molecule has 5 nitrogen and oxygen atoms in total. The Morgan fingerprint density at radius 2 is 2.21 bits per heavy atom. The second-order valence-corrected chi connectivity index (χ2v) is 7.24. The van der Waals surface area contributed by atoms with Gasteiger partial charge in [-0.2, -0.15) is 0 Å². The molecule has 2 rings (SSSR count). The molecule has 0 spiro atoms. The molecule has 0 aliphatic carbocycles. The van der Waals surface area contributed by atoms with Gasteiger partial charge >= 0.3 is 0 Å². The van der Waals surface area contributed by atoms with Crippen molar-refractivity contribution < 1.29 is 18.3 Å². The molecule has 0 aromatic heterocycles. The monoisotopic (exact) mass is 283 g/mol. The van der Waals surface area contributed by atoms with Crippen LogP contribution in [0.15, 0.2) is 18.2 Å². The molecule has 1 amide bonds. The number of aromatic hydroxyl groups is 1. The number of amides is 1. The molecule has 1 saturated heterocycles. The Morgan fingerprint density at radius 3 is 2.79 bits per heavy atom.